The molecule has 10 nitrogen and oxygen atoms in total. The molecule has 0 bridgehead atoms. The van der Waals surface area contributed by atoms with Gasteiger partial charge in [-0.1, -0.05) is 13.8 Å². The summed E-state index contributed by atoms with van der Waals surface area (Å²) < 4.78 is 26.6. The van der Waals surface area contributed by atoms with Crippen LogP contribution in [0.5, 0.6) is 0 Å². The van der Waals surface area contributed by atoms with Gasteiger partial charge in [0.1, 0.15) is 5.69 Å². The van der Waals surface area contributed by atoms with E-state index in [1.54, 1.807) is 20.8 Å². The number of nitrogens with zero attached hydrogens (tertiary/aromatic N) is 4. The van der Waals surface area contributed by atoms with E-state index in [4.69, 9.17) is 5.73 Å². The van der Waals surface area contributed by atoms with Crippen LogP contribution in [0.25, 0.3) is 0 Å². The predicted octanol–water partition coefficient (Wildman–Crippen LogP) is 0.621. The lowest BCUT2D eigenvalue weighted by Gasteiger charge is -2.37. The highest BCUT2D eigenvalue weighted by Crippen LogP contribution is 2.32. The summed E-state index contributed by atoms with van der Waals surface area (Å²) in [6.45, 7) is 7.74. The van der Waals surface area contributed by atoms with Crippen molar-refractivity contribution in [1.29, 1.82) is 0 Å². The smallest absolute Gasteiger partial charge is 0.293 e. The molecule has 1 aromatic carbocycles. The number of nitrogens with two attached hydrogens (primary N) is 1. The minimum Gasteiger partial charge on any atom is -0.368 e. The van der Waals surface area contributed by atoms with Gasteiger partial charge in [0.2, 0.25) is 15.9 Å². The molecule has 0 aliphatic carbocycles. The van der Waals surface area contributed by atoms with Gasteiger partial charge in [-0.15, -0.1) is 0 Å². The topological polar surface area (TPSA) is 130 Å². The van der Waals surface area contributed by atoms with Gasteiger partial charge in [0.25, 0.3) is 5.69 Å². The SMILES string of the molecule is CCN(CC)S(=O)(=O)c1ccc(N2CCN([C@@H](C)C(N)=O)CC2)c([N+](=O)[O-])c1. The van der Waals surface area contributed by atoms with Crippen LogP contribution in [0.3, 0.4) is 0 Å². The molecular weight excluding hydrogens is 386 g/mol. The molecule has 1 fully saturated rings. The number of anilines is 1. The van der Waals surface area contributed by atoms with Crippen molar-refractivity contribution >= 4 is 27.3 Å². The van der Waals surface area contributed by atoms with E-state index in [-0.39, 0.29) is 23.7 Å². The fourth-order valence-corrected chi connectivity index (χ4v) is 4.80. The fraction of sp³-hybridized carbons (Fsp3) is 0.588. The molecule has 1 aliphatic rings. The number of piperazine rings is 1. The third-order valence-electron chi connectivity index (χ3n) is 5.10. The predicted molar refractivity (Wildman–Crippen MR) is 106 cm³/mol. The van der Waals surface area contributed by atoms with Gasteiger partial charge in [0.15, 0.2) is 0 Å². The van der Waals surface area contributed by atoms with Crippen LogP contribution < -0.4 is 10.6 Å². The van der Waals surface area contributed by atoms with Gasteiger partial charge in [-0.05, 0) is 19.1 Å². The quantitative estimate of drug-likeness (QED) is 0.488. The Hall–Kier alpha value is -2.24. The van der Waals surface area contributed by atoms with E-state index in [2.05, 4.69) is 0 Å². The van der Waals surface area contributed by atoms with Crippen LogP contribution in [0.2, 0.25) is 0 Å². The number of amides is 1. The summed E-state index contributed by atoms with van der Waals surface area (Å²) in [6, 6.07) is 3.62. The zero-order valence-corrected chi connectivity index (χ0v) is 17.2. The Labute approximate surface area is 165 Å². The maximum absolute atomic E-state index is 12.7. The third kappa shape index (κ3) is 4.42. The van der Waals surface area contributed by atoms with Gasteiger partial charge >= 0.3 is 0 Å². The lowest BCUT2D eigenvalue weighted by molar-refractivity contribution is -0.384. The van der Waals surface area contributed by atoms with Crippen LogP contribution in [0.1, 0.15) is 20.8 Å². The molecule has 28 heavy (non-hydrogen) atoms. The van der Waals surface area contributed by atoms with E-state index in [1.807, 2.05) is 9.80 Å². The van der Waals surface area contributed by atoms with E-state index >= 15 is 0 Å². The number of carbonyl (C=O) groups excluding carboxylic acids is 1. The highest BCUT2D eigenvalue weighted by Gasteiger charge is 2.30. The van der Waals surface area contributed by atoms with E-state index < -0.39 is 26.9 Å². The maximum atomic E-state index is 12.7. The second-order valence-corrected chi connectivity index (χ2v) is 8.54. The van der Waals surface area contributed by atoms with Gasteiger partial charge in [-0.3, -0.25) is 19.8 Å². The highest BCUT2D eigenvalue weighted by molar-refractivity contribution is 7.89. The number of sulfonamides is 1. The molecule has 0 aromatic heterocycles. The van der Waals surface area contributed by atoms with Crippen LogP contribution in [0.4, 0.5) is 11.4 Å². The fourth-order valence-electron chi connectivity index (χ4n) is 3.32. The van der Waals surface area contributed by atoms with Crippen LogP contribution in [-0.2, 0) is 14.8 Å². The standard InChI is InChI=1S/C17H27N5O5S/c1-4-21(5-2)28(26,27)14-6-7-15(16(12-14)22(24)25)20-10-8-19(9-11-20)13(3)17(18)23/h6-7,12-13H,4-5,8-11H2,1-3H3,(H2,18,23)/t13-/m0/s1. The molecule has 1 saturated heterocycles. The number of benzene rings is 1. The first-order valence-electron chi connectivity index (χ1n) is 9.20. The molecule has 1 atom stereocenters. The Morgan fingerprint density at radius 1 is 1.25 bits per heavy atom. The summed E-state index contributed by atoms with van der Waals surface area (Å²) in [4.78, 5) is 26.1. The van der Waals surface area contributed by atoms with Crippen molar-refractivity contribution in [2.75, 3.05) is 44.2 Å². The van der Waals surface area contributed by atoms with Crippen molar-refractivity contribution in [2.24, 2.45) is 5.73 Å². The molecule has 2 N–H and O–H groups in total. The second kappa shape index (κ2) is 8.84. The number of primary amides is 1. The second-order valence-electron chi connectivity index (χ2n) is 6.60. The molecule has 1 amide bonds. The number of nitro benzene ring substituents is 1. The number of nitro groups is 1. The lowest BCUT2D eigenvalue weighted by Crippen LogP contribution is -2.53. The molecule has 0 radical (unpaired) electrons. The zero-order chi connectivity index (χ0) is 21.1. The number of hydrogen-bond acceptors (Lipinski definition) is 7. The molecule has 156 valence electrons. The summed E-state index contributed by atoms with van der Waals surface area (Å²) in [5.41, 5.74) is 5.46. The maximum Gasteiger partial charge on any atom is 0.293 e. The van der Waals surface area contributed by atoms with Crippen molar-refractivity contribution in [1.82, 2.24) is 9.21 Å². The van der Waals surface area contributed by atoms with Gasteiger partial charge in [-0.2, -0.15) is 4.31 Å². The number of rotatable bonds is 8. The molecule has 1 aliphatic heterocycles. The minimum atomic E-state index is -3.78. The van der Waals surface area contributed by atoms with Crippen molar-refractivity contribution < 1.29 is 18.1 Å². The van der Waals surface area contributed by atoms with Gasteiger partial charge < -0.3 is 10.6 Å². The zero-order valence-electron chi connectivity index (χ0n) is 16.4. The normalized spacial score (nSPS) is 16.9. The number of carbonyl (C=O) groups is 1. The average molecular weight is 414 g/mol. The molecule has 0 spiro atoms. The monoisotopic (exact) mass is 413 g/mol. The first-order valence-corrected chi connectivity index (χ1v) is 10.6. The van der Waals surface area contributed by atoms with E-state index in [0.29, 0.717) is 31.9 Å². The van der Waals surface area contributed by atoms with Crippen molar-refractivity contribution in [2.45, 2.75) is 31.7 Å². The molecular formula is C17H27N5O5S. The van der Waals surface area contributed by atoms with Crippen molar-refractivity contribution in [3.05, 3.63) is 28.3 Å². The first kappa shape index (κ1) is 22.1. The first-order chi connectivity index (χ1) is 13.1. The third-order valence-corrected chi connectivity index (χ3v) is 7.15. The number of hydrogen-bond donors (Lipinski definition) is 1. The summed E-state index contributed by atoms with van der Waals surface area (Å²) >= 11 is 0. The van der Waals surface area contributed by atoms with Gasteiger partial charge in [-0.25, -0.2) is 8.42 Å². The Morgan fingerprint density at radius 3 is 2.29 bits per heavy atom. The molecule has 11 heteroatoms. The van der Waals surface area contributed by atoms with E-state index in [1.165, 1.54) is 16.4 Å². The average Bonchev–Trinajstić information content (AvgIpc) is 2.67. The summed E-state index contributed by atoms with van der Waals surface area (Å²) in [6.07, 6.45) is 0. The van der Waals surface area contributed by atoms with Crippen LogP contribution in [0, 0.1) is 10.1 Å². The molecule has 0 unspecified atom stereocenters. The largest absolute Gasteiger partial charge is 0.368 e. The van der Waals surface area contributed by atoms with E-state index in [9.17, 15) is 23.3 Å². The Bertz CT molecular complexity index is 832. The molecule has 1 heterocycles. The summed E-state index contributed by atoms with van der Waals surface area (Å²) in [7, 11) is -3.78. The molecule has 2 rings (SSSR count). The van der Waals surface area contributed by atoms with Crippen LogP contribution in [0.15, 0.2) is 23.1 Å². The van der Waals surface area contributed by atoms with E-state index in [0.717, 1.165) is 6.07 Å². The lowest BCUT2D eigenvalue weighted by atomic mass is 10.2. The van der Waals surface area contributed by atoms with Gasteiger partial charge in [0.05, 0.1) is 15.9 Å². The van der Waals surface area contributed by atoms with Crippen molar-refractivity contribution in [3.63, 3.8) is 0 Å². The van der Waals surface area contributed by atoms with Gasteiger partial charge in [0, 0.05) is 45.3 Å². The Morgan fingerprint density at radius 2 is 1.82 bits per heavy atom. The Kier molecular flexibility index (Phi) is 6.96. The van der Waals surface area contributed by atoms with Crippen molar-refractivity contribution in [3.8, 4) is 0 Å². The summed E-state index contributed by atoms with van der Waals surface area (Å²) in [5, 5.41) is 11.6. The highest BCUT2D eigenvalue weighted by atomic mass is 32.2. The molecule has 0 saturated carbocycles. The van der Waals surface area contributed by atoms with Crippen LogP contribution in [-0.4, -0.2) is 73.8 Å². The summed E-state index contributed by atoms with van der Waals surface area (Å²) in [5.74, 6) is -0.412. The Balaban J connectivity index is 2.30. The van der Waals surface area contributed by atoms with Crippen LogP contribution >= 0.6 is 0 Å². The minimum absolute atomic E-state index is 0.0902. The molecule has 1 aromatic rings.